The fourth-order valence-electron chi connectivity index (χ4n) is 4.91. The van der Waals surface area contributed by atoms with Gasteiger partial charge in [-0.25, -0.2) is 4.98 Å². The van der Waals surface area contributed by atoms with E-state index in [2.05, 4.69) is 9.88 Å². The highest BCUT2D eigenvalue weighted by Crippen LogP contribution is 2.45. The number of benzene rings is 2. The molecule has 0 aliphatic carbocycles. The molecule has 0 radical (unpaired) electrons. The fraction of sp³-hybridized carbons (Fsp3) is 0.423. The Labute approximate surface area is 204 Å². The summed E-state index contributed by atoms with van der Waals surface area (Å²) in [4.78, 5) is 26.3. The number of nitrogens with zero attached hydrogens (tertiary/aromatic N) is 4. The Balaban J connectivity index is 1.45. The molecule has 1 atom stereocenters. The second-order valence-corrected chi connectivity index (χ2v) is 8.82. The van der Waals surface area contributed by atoms with Crippen molar-refractivity contribution in [2.24, 2.45) is 0 Å². The van der Waals surface area contributed by atoms with Gasteiger partial charge in [-0.2, -0.15) is 4.98 Å². The van der Waals surface area contributed by atoms with Gasteiger partial charge in [0.1, 0.15) is 11.9 Å². The predicted octanol–water partition coefficient (Wildman–Crippen LogP) is 3.11. The molecule has 0 spiro atoms. The number of anilines is 2. The van der Waals surface area contributed by atoms with Crippen molar-refractivity contribution < 1.29 is 19.0 Å². The number of hydrogen-bond donors (Lipinski definition) is 1. The summed E-state index contributed by atoms with van der Waals surface area (Å²) >= 11 is 0. The third-order valence-corrected chi connectivity index (χ3v) is 6.74. The summed E-state index contributed by atoms with van der Waals surface area (Å²) in [6, 6.07) is 11.7. The zero-order valence-electron chi connectivity index (χ0n) is 20.2. The molecule has 1 aromatic heterocycles. The number of hydrogen-bond acceptors (Lipinski definition) is 8. The quantitative estimate of drug-likeness (QED) is 0.598. The molecule has 9 heteroatoms. The number of aromatic nitrogens is 2. The van der Waals surface area contributed by atoms with Gasteiger partial charge in [0.25, 0.3) is 5.91 Å². The smallest absolute Gasteiger partial charge is 0.251 e. The molecule has 5 rings (SSSR count). The van der Waals surface area contributed by atoms with Crippen molar-refractivity contribution in [3.8, 4) is 22.6 Å². The number of nitrogens with two attached hydrogens (primary N) is 1. The number of carbonyl (C=O) groups excluding carboxylic acids is 1. The maximum Gasteiger partial charge on any atom is 0.251 e. The first kappa shape index (κ1) is 23.2. The maximum atomic E-state index is 12.8. The molecular formula is C26H31N5O4. The number of piperazine rings is 1. The lowest BCUT2D eigenvalue weighted by atomic mass is 9.99. The van der Waals surface area contributed by atoms with Gasteiger partial charge < -0.3 is 29.7 Å². The lowest BCUT2D eigenvalue weighted by Gasteiger charge is -2.37. The van der Waals surface area contributed by atoms with E-state index in [0.717, 1.165) is 35.8 Å². The van der Waals surface area contributed by atoms with Crippen molar-refractivity contribution in [3.05, 3.63) is 36.4 Å². The van der Waals surface area contributed by atoms with Gasteiger partial charge in [0, 0.05) is 44.4 Å². The molecular weight excluding hydrogens is 446 g/mol. The molecule has 9 nitrogen and oxygen atoms in total. The third kappa shape index (κ3) is 4.43. The molecule has 1 unspecified atom stereocenters. The minimum atomic E-state index is -0.304. The first-order chi connectivity index (χ1) is 17.1. The molecule has 2 fully saturated rings. The molecule has 2 saturated heterocycles. The van der Waals surface area contributed by atoms with E-state index >= 15 is 0 Å². The average molecular weight is 478 g/mol. The van der Waals surface area contributed by atoms with E-state index in [-0.39, 0.29) is 12.0 Å². The van der Waals surface area contributed by atoms with Crippen LogP contribution in [0.15, 0.2) is 36.4 Å². The number of methoxy groups -OCH3 is 2. The van der Waals surface area contributed by atoms with Gasteiger partial charge in [0.2, 0.25) is 5.95 Å². The van der Waals surface area contributed by atoms with Gasteiger partial charge >= 0.3 is 0 Å². The van der Waals surface area contributed by atoms with Gasteiger partial charge in [-0.3, -0.25) is 4.79 Å². The van der Waals surface area contributed by atoms with Crippen LogP contribution >= 0.6 is 0 Å². The van der Waals surface area contributed by atoms with Crippen LogP contribution in [0.1, 0.15) is 19.3 Å². The van der Waals surface area contributed by atoms with E-state index in [9.17, 15) is 4.79 Å². The normalized spacial score (nSPS) is 18.5. The summed E-state index contributed by atoms with van der Waals surface area (Å²) in [7, 11) is 3.22. The van der Waals surface area contributed by atoms with Crippen LogP contribution in [-0.2, 0) is 9.53 Å². The molecule has 3 aromatic rings. The molecule has 184 valence electrons. The highest BCUT2D eigenvalue weighted by atomic mass is 16.5. The van der Waals surface area contributed by atoms with Gasteiger partial charge in [0.05, 0.1) is 25.1 Å². The number of amides is 1. The Hall–Kier alpha value is -3.59. The Bertz CT molecular complexity index is 1210. The van der Waals surface area contributed by atoms with Crippen molar-refractivity contribution in [3.63, 3.8) is 0 Å². The number of ether oxygens (including phenoxy) is 3. The molecule has 1 amide bonds. The molecule has 2 N–H and O–H groups in total. The lowest BCUT2D eigenvalue weighted by molar-refractivity contribution is -0.146. The van der Waals surface area contributed by atoms with Crippen LogP contribution in [0.3, 0.4) is 0 Å². The Morgan fingerprint density at radius 3 is 2.49 bits per heavy atom. The van der Waals surface area contributed by atoms with Crippen LogP contribution in [-0.4, -0.2) is 73.9 Å². The van der Waals surface area contributed by atoms with E-state index in [1.807, 2.05) is 41.3 Å². The first-order valence-electron chi connectivity index (χ1n) is 12.0. The summed E-state index contributed by atoms with van der Waals surface area (Å²) in [5, 5.41) is 0.723. The Kier molecular flexibility index (Phi) is 6.59. The minimum Gasteiger partial charge on any atom is -0.493 e. The van der Waals surface area contributed by atoms with Crippen LogP contribution in [0.2, 0.25) is 0 Å². The minimum absolute atomic E-state index is 0.0904. The summed E-state index contributed by atoms with van der Waals surface area (Å²) in [5.74, 6) is 2.17. The fourth-order valence-corrected chi connectivity index (χ4v) is 4.91. The van der Waals surface area contributed by atoms with Crippen molar-refractivity contribution in [1.29, 1.82) is 0 Å². The molecule has 35 heavy (non-hydrogen) atoms. The van der Waals surface area contributed by atoms with Gasteiger partial charge in [-0.1, -0.05) is 30.3 Å². The lowest BCUT2D eigenvalue weighted by Crippen LogP contribution is -2.52. The summed E-state index contributed by atoms with van der Waals surface area (Å²) in [6.07, 6.45) is 2.57. The summed E-state index contributed by atoms with van der Waals surface area (Å²) < 4.78 is 17.0. The van der Waals surface area contributed by atoms with E-state index in [0.29, 0.717) is 61.6 Å². The van der Waals surface area contributed by atoms with Gasteiger partial charge in [-0.05, 0) is 24.8 Å². The highest BCUT2D eigenvalue weighted by molar-refractivity contribution is 6.05. The zero-order chi connectivity index (χ0) is 24.4. The average Bonchev–Trinajstić information content (AvgIpc) is 2.92. The monoisotopic (exact) mass is 477 g/mol. The van der Waals surface area contributed by atoms with Gasteiger partial charge in [0.15, 0.2) is 11.5 Å². The van der Waals surface area contributed by atoms with E-state index in [4.69, 9.17) is 24.9 Å². The molecule has 2 aliphatic heterocycles. The first-order valence-corrected chi connectivity index (χ1v) is 12.0. The third-order valence-electron chi connectivity index (χ3n) is 6.74. The molecule has 3 heterocycles. The van der Waals surface area contributed by atoms with Crippen LogP contribution in [0.4, 0.5) is 11.8 Å². The van der Waals surface area contributed by atoms with Crippen LogP contribution < -0.4 is 20.1 Å². The molecule has 0 saturated carbocycles. The van der Waals surface area contributed by atoms with Crippen LogP contribution in [0.25, 0.3) is 22.0 Å². The van der Waals surface area contributed by atoms with E-state index in [1.165, 1.54) is 0 Å². The number of nitrogen functional groups attached to an aromatic ring is 1. The molecule has 2 aromatic carbocycles. The SMILES string of the molecule is COc1cc2nc(N3CCN(C(=O)C4CCCCO4)CC3)nc(N)c2c(-c2ccccc2)c1OC. The highest BCUT2D eigenvalue weighted by Gasteiger charge is 2.30. The van der Waals surface area contributed by atoms with Crippen LogP contribution in [0.5, 0.6) is 11.5 Å². The van der Waals surface area contributed by atoms with Crippen LogP contribution in [0, 0.1) is 0 Å². The largest absolute Gasteiger partial charge is 0.493 e. The Morgan fingerprint density at radius 2 is 1.83 bits per heavy atom. The summed E-state index contributed by atoms with van der Waals surface area (Å²) in [5.41, 5.74) is 8.95. The number of fused-ring (bicyclic) bond motifs is 1. The van der Waals surface area contributed by atoms with Gasteiger partial charge in [-0.15, -0.1) is 0 Å². The van der Waals surface area contributed by atoms with E-state index in [1.54, 1.807) is 14.2 Å². The second-order valence-electron chi connectivity index (χ2n) is 8.82. The van der Waals surface area contributed by atoms with Crippen molar-refractivity contribution in [1.82, 2.24) is 14.9 Å². The standard InChI is InChI=1S/C26H31N5O4/c1-33-20-16-18-22(21(23(20)34-2)17-8-4-3-5-9-17)24(27)29-26(28-18)31-13-11-30(12-14-31)25(32)19-10-6-7-15-35-19/h3-5,8-9,16,19H,6-7,10-15H2,1-2H3,(H2,27,28,29). The van der Waals surface area contributed by atoms with E-state index < -0.39 is 0 Å². The van der Waals surface area contributed by atoms with Crippen molar-refractivity contribution in [2.45, 2.75) is 25.4 Å². The van der Waals surface area contributed by atoms with Crippen molar-refractivity contribution in [2.75, 3.05) is 57.6 Å². The maximum absolute atomic E-state index is 12.8. The van der Waals surface area contributed by atoms with Crippen molar-refractivity contribution >= 4 is 28.6 Å². The Morgan fingerprint density at radius 1 is 1.06 bits per heavy atom. The molecule has 2 aliphatic rings. The zero-order valence-corrected chi connectivity index (χ0v) is 20.2. The summed E-state index contributed by atoms with van der Waals surface area (Å²) in [6.45, 7) is 3.12. The predicted molar refractivity (Wildman–Crippen MR) is 135 cm³/mol. The topological polar surface area (TPSA) is 103 Å². The molecule has 0 bridgehead atoms. The number of carbonyl (C=O) groups is 1. The number of rotatable bonds is 5. The second kappa shape index (κ2) is 9.95.